The standard InChI is InChI=1S/C15H23NO2/c1-13-6-5-9-16(15(13)12-17)10-11-18-14-7-3-2-4-8-14/h2-4,7-8,13,15,17H,5-6,9-12H2,1H3. The molecule has 18 heavy (non-hydrogen) atoms. The molecule has 1 aliphatic rings. The third-order valence-corrected chi connectivity index (χ3v) is 3.81. The highest BCUT2D eigenvalue weighted by molar-refractivity contribution is 5.20. The number of ether oxygens (including phenoxy) is 1. The van der Waals surface area contributed by atoms with E-state index in [-0.39, 0.29) is 6.61 Å². The maximum Gasteiger partial charge on any atom is 0.119 e. The molecule has 1 aromatic carbocycles. The van der Waals surface area contributed by atoms with E-state index < -0.39 is 0 Å². The molecule has 2 rings (SSSR count). The summed E-state index contributed by atoms with van der Waals surface area (Å²) in [5.41, 5.74) is 0. The van der Waals surface area contributed by atoms with Gasteiger partial charge in [-0.05, 0) is 37.4 Å². The van der Waals surface area contributed by atoms with Gasteiger partial charge in [0, 0.05) is 12.6 Å². The Hall–Kier alpha value is -1.06. The van der Waals surface area contributed by atoms with Gasteiger partial charge in [0.25, 0.3) is 0 Å². The Morgan fingerprint density at radius 3 is 2.83 bits per heavy atom. The van der Waals surface area contributed by atoms with E-state index in [2.05, 4.69) is 11.8 Å². The van der Waals surface area contributed by atoms with Gasteiger partial charge in [0.1, 0.15) is 12.4 Å². The van der Waals surface area contributed by atoms with Crippen molar-refractivity contribution in [1.82, 2.24) is 4.90 Å². The van der Waals surface area contributed by atoms with E-state index in [4.69, 9.17) is 4.74 Å². The zero-order valence-electron chi connectivity index (χ0n) is 11.1. The SMILES string of the molecule is CC1CCCN(CCOc2ccccc2)C1CO. The number of hydrogen-bond donors (Lipinski definition) is 1. The van der Waals surface area contributed by atoms with Crippen molar-refractivity contribution in [2.24, 2.45) is 5.92 Å². The van der Waals surface area contributed by atoms with Gasteiger partial charge in [-0.3, -0.25) is 4.90 Å². The minimum atomic E-state index is 0.256. The van der Waals surface area contributed by atoms with E-state index in [1.807, 2.05) is 30.3 Å². The minimum absolute atomic E-state index is 0.256. The van der Waals surface area contributed by atoms with Crippen molar-refractivity contribution in [2.45, 2.75) is 25.8 Å². The maximum absolute atomic E-state index is 9.47. The highest BCUT2D eigenvalue weighted by Gasteiger charge is 2.27. The lowest BCUT2D eigenvalue weighted by Crippen LogP contribution is -2.48. The summed E-state index contributed by atoms with van der Waals surface area (Å²) in [6.45, 7) is 5.14. The van der Waals surface area contributed by atoms with Crippen LogP contribution in [0.3, 0.4) is 0 Å². The summed E-state index contributed by atoms with van der Waals surface area (Å²) in [7, 11) is 0. The van der Waals surface area contributed by atoms with Crippen molar-refractivity contribution >= 4 is 0 Å². The molecule has 1 aromatic rings. The normalized spacial score (nSPS) is 25.0. The number of para-hydroxylation sites is 1. The van der Waals surface area contributed by atoms with Crippen molar-refractivity contribution in [3.05, 3.63) is 30.3 Å². The Balaban J connectivity index is 1.78. The van der Waals surface area contributed by atoms with Crippen molar-refractivity contribution in [3.63, 3.8) is 0 Å². The third-order valence-electron chi connectivity index (χ3n) is 3.81. The molecule has 1 saturated heterocycles. The molecule has 0 bridgehead atoms. The van der Waals surface area contributed by atoms with Gasteiger partial charge in [0.15, 0.2) is 0 Å². The van der Waals surface area contributed by atoms with E-state index in [0.29, 0.717) is 18.6 Å². The molecular weight excluding hydrogens is 226 g/mol. The zero-order valence-corrected chi connectivity index (χ0v) is 11.1. The second kappa shape index (κ2) is 6.76. The van der Waals surface area contributed by atoms with Crippen LogP contribution in [0.5, 0.6) is 5.75 Å². The molecule has 2 atom stereocenters. The lowest BCUT2D eigenvalue weighted by atomic mass is 9.91. The number of nitrogens with zero attached hydrogens (tertiary/aromatic N) is 1. The van der Waals surface area contributed by atoms with Gasteiger partial charge in [-0.2, -0.15) is 0 Å². The second-order valence-electron chi connectivity index (χ2n) is 5.07. The number of benzene rings is 1. The Morgan fingerprint density at radius 2 is 2.11 bits per heavy atom. The average Bonchev–Trinajstić information content (AvgIpc) is 2.40. The number of aliphatic hydroxyl groups is 1. The fourth-order valence-electron chi connectivity index (χ4n) is 2.70. The summed E-state index contributed by atoms with van der Waals surface area (Å²) in [6.07, 6.45) is 2.45. The smallest absolute Gasteiger partial charge is 0.119 e. The molecule has 0 aromatic heterocycles. The van der Waals surface area contributed by atoms with Crippen LogP contribution in [0, 0.1) is 5.92 Å². The molecule has 0 saturated carbocycles. The molecule has 2 unspecified atom stereocenters. The first-order chi connectivity index (χ1) is 8.81. The Labute approximate surface area is 109 Å². The fraction of sp³-hybridized carbons (Fsp3) is 0.600. The van der Waals surface area contributed by atoms with Crippen LogP contribution in [-0.2, 0) is 0 Å². The predicted octanol–water partition coefficient (Wildman–Crippen LogP) is 2.16. The molecule has 100 valence electrons. The number of rotatable bonds is 5. The van der Waals surface area contributed by atoms with Crippen LogP contribution in [0.15, 0.2) is 30.3 Å². The molecule has 1 heterocycles. The molecule has 0 radical (unpaired) electrons. The fourth-order valence-corrected chi connectivity index (χ4v) is 2.70. The molecule has 3 heteroatoms. The van der Waals surface area contributed by atoms with Gasteiger partial charge in [-0.1, -0.05) is 25.1 Å². The van der Waals surface area contributed by atoms with Crippen LogP contribution in [0.2, 0.25) is 0 Å². The van der Waals surface area contributed by atoms with Gasteiger partial charge < -0.3 is 9.84 Å². The monoisotopic (exact) mass is 249 g/mol. The first-order valence-corrected chi connectivity index (χ1v) is 6.84. The van der Waals surface area contributed by atoms with Crippen LogP contribution < -0.4 is 4.74 Å². The van der Waals surface area contributed by atoms with Crippen molar-refractivity contribution in [1.29, 1.82) is 0 Å². The highest BCUT2D eigenvalue weighted by atomic mass is 16.5. The number of aliphatic hydroxyl groups excluding tert-OH is 1. The highest BCUT2D eigenvalue weighted by Crippen LogP contribution is 2.22. The van der Waals surface area contributed by atoms with E-state index in [9.17, 15) is 5.11 Å². The quantitative estimate of drug-likeness (QED) is 0.868. The van der Waals surface area contributed by atoms with Gasteiger partial charge in [-0.25, -0.2) is 0 Å². The molecule has 0 spiro atoms. The summed E-state index contributed by atoms with van der Waals surface area (Å²) >= 11 is 0. The van der Waals surface area contributed by atoms with Crippen LogP contribution in [-0.4, -0.2) is 42.4 Å². The average molecular weight is 249 g/mol. The van der Waals surface area contributed by atoms with Crippen LogP contribution in [0.25, 0.3) is 0 Å². The molecular formula is C15H23NO2. The Morgan fingerprint density at radius 1 is 1.33 bits per heavy atom. The van der Waals surface area contributed by atoms with Gasteiger partial charge in [0.05, 0.1) is 6.61 Å². The molecule has 3 nitrogen and oxygen atoms in total. The topological polar surface area (TPSA) is 32.7 Å². The zero-order chi connectivity index (χ0) is 12.8. The lowest BCUT2D eigenvalue weighted by Gasteiger charge is -2.38. The van der Waals surface area contributed by atoms with Crippen LogP contribution in [0.4, 0.5) is 0 Å². The maximum atomic E-state index is 9.47. The summed E-state index contributed by atoms with van der Waals surface area (Å²) in [4.78, 5) is 2.36. The minimum Gasteiger partial charge on any atom is -0.492 e. The van der Waals surface area contributed by atoms with Gasteiger partial charge in [0.2, 0.25) is 0 Å². The van der Waals surface area contributed by atoms with Gasteiger partial charge >= 0.3 is 0 Å². The van der Waals surface area contributed by atoms with Crippen LogP contribution in [0.1, 0.15) is 19.8 Å². The van der Waals surface area contributed by atoms with E-state index in [1.54, 1.807) is 0 Å². The number of hydrogen-bond acceptors (Lipinski definition) is 3. The predicted molar refractivity (Wildman–Crippen MR) is 72.8 cm³/mol. The van der Waals surface area contributed by atoms with E-state index in [0.717, 1.165) is 18.8 Å². The van der Waals surface area contributed by atoms with Crippen LogP contribution >= 0.6 is 0 Å². The first kappa shape index (κ1) is 13.4. The van der Waals surface area contributed by atoms with Gasteiger partial charge in [-0.15, -0.1) is 0 Å². The Kier molecular flexibility index (Phi) is 5.02. The van der Waals surface area contributed by atoms with Crippen molar-refractivity contribution in [3.8, 4) is 5.75 Å². The summed E-state index contributed by atoms with van der Waals surface area (Å²) in [5, 5.41) is 9.47. The molecule has 1 aliphatic heterocycles. The molecule has 1 fully saturated rings. The number of likely N-dealkylation sites (tertiary alicyclic amines) is 1. The molecule has 0 aliphatic carbocycles. The second-order valence-corrected chi connectivity index (χ2v) is 5.07. The summed E-state index contributed by atoms with van der Waals surface area (Å²) in [5.74, 6) is 1.50. The van der Waals surface area contributed by atoms with E-state index >= 15 is 0 Å². The number of piperidine rings is 1. The first-order valence-electron chi connectivity index (χ1n) is 6.84. The van der Waals surface area contributed by atoms with Crippen molar-refractivity contribution in [2.75, 3.05) is 26.3 Å². The van der Waals surface area contributed by atoms with E-state index in [1.165, 1.54) is 12.8 Å². The third kappa shape index (κ3) is 3.47. The molecule has 1 N–H and O–H groups in total. The largest absolute Gasteiger partial charge is 0.492 e. The molecule has 0 amide bonds. The lowest BCUT2D eigenvalue weighted by molar-refractivity contribution is 0.0435. The summed E-state index contributed by atoms with van der Waals surface area (Å²) in [6, 6.07) is 10.2. The Bertz CT molecular complexity index is 342. The summed E-state index contributed by atoms with van der Waals surface area (Å²) < 4.78 is 5.71. The van der Waals surface area contributed by atoms with Crippen molar-refractivity contribution < 1.29 is 9.84 Å².